The van der Waals surface area contributed by atoms with Crippen molar-refractivity contribution >= 4 is 11.6 Å². The summed E-state index contributed by atoms with van der Waals surface area (Å²) in [5, 5.41) is 11.9. The van der Waals surface area contributed by atoms with E-state index in [9.17, 15) is 0 Å². The largest absolute Gasteiger partial charge is 0.381 e. The molecular formula is C24H31N7O. The molecule has 4 heterocycles. The van der Waals surface area contributed by atoms with E-state index in [0.717, 1.165) is 55.9 Å². The highest BCUT2D eigenvalue weighted by Gasteiger charge is 2.28. The average molecular weight is 434 g/mol. The van der Waals surface area contributed by atoms with E-state index in [2.05, 4.69) is 20.7 Å². The van der Waals surface area contributed by atoms with Crippen molar-refractivity contribution in [1.82, 2.24) is 29.9 Å². The lowest BCUT2D eigenvalue weighted by Gasteiger charge is -2.33. The van der Waals surface area contributed by atoms with E-state index in [1.165, 1.54) is 31.2 Å². The third kappa shape index (κ3) is 4.34. The summed E-state index contributed by atoms with van der Waals surface area (Å²) in [6, 6.07) is 5.58. The van der Waals surface area contributed by atoms with Gasteiger partial charge in [0, 0.05) is 49.3 Å². The predicted octanol–water partition coefficient (Wildman–Crippen LogP) is 3.56. The van der Waals surface area contributed by atoms with E-state index in [1.807, 2.05) is 35.2 Å². The maximum Gasteiger partial charge on any atom is 0.223 e. The van der Waals surface area contributed by atoms with Crippen LogP contribution in [0.15, 0.2) is 30.7 Å². The van der Waals surface area contributed by atoms with Crippen molar-refractivity contribution in [3.05, 3.63) is 36.3 Å². The lowest BCUT2D eigenvalue weighted by atomic mass is 9.90. The number of hydrogen-bond donors (Lipinski definition) is 2. The Hall–Kier alpha value is -2.58. The quantitative estimate of drug-likeness (QED) is 0.614. The average Bonchev–Trinajstić information content (AvgIpc) is 3.60. The monoisotopic (exact) mass is 433 g/mol. The lowest BCUT2D eigenvalue weighted by molar-refractivity contribution is 0.0730. The first-order valence-corrected chi connectivity index (χ1v) is 12.1. The molecule has 0 unspecified atom stereocenters. The normalized spacial score (nSPS) is 24.6. The van der Waals surface area contributed by atoms with Crippen molar-refractivity contribution in [2.24, 2.45) is 0 Å². The van der Waals surface area contributed by atoms with E-state index < -0.39 is 0 Å². The maximum atomic E-state index is 5.48. The minimum absolute atomic E-state index is 0.421. The highest BCUT2D eigenvalue weighted by Crippen LogP contribution is 2.41. The first-order valence-electron chi connectivity index (χ1n) is 12.1. The smallest absolute Gasteiger partial charge is 0.223 e. The van der Waals surface area contributed by atoms with Crippen molar-refractivity contribution in [2.45, 2.75) is 75.4 Å². The molecule has 0 amide bonds. The minimum atomic E-state index is 0.421. The van der Waals surface area contributed by atoms with Crippen molar-refractivity contribution in [3.8, 4) is 11.4 Å². The van der Waals surface area contributed by atoms with Crippen molar-refractivity contribution in [2.75, 3.05) is 18.5 Å². The van der Waals surface area contributed by atoms with Gasteiger partial charge in [0.15, 0.2) is 5.65 Å². The molecule has 1 saturated heterocycles. The van der Waals surface area contributed by atoms with Crippen LogP contribution >= 0.6 is 0 Å². The Morgan fingerprint density at radius 2 is 1.59 bits per heavy atom. The molecular weight excluding hydrogens is 402 g/mol. The molecule has 3 aliphatic rings. The number of aromatic nitrogens is 5. The molecule has 0 bridgehead atoms. The third-order valence-corrected chi connectivity index (χ3v) is 7.08. The van der Waals surface area contributed by atoms with Crippen LogP contribution in [-0.4, -0.2) is 55.9 Å². The molecule has 3 fully saturated rings. The Morgan fingerprint density at radius 3 is 2.41 bits per heavy atom. The number of rotatable bonds is 6. The van der Waals surface area contributed by atoms with Crippen LogP contribution in [0.2, 0.25) is 0 Å². The number of fused-ring (bicyclic) bond motifs is 1. The zero-order valence-electron chi connectivity index (χ0n) is 18.4. The number of anilines is 1. The number of nitrogens with zero attached hydrogens (tertiary/aromatic N) is 5. The Bertz CT molecular complexity index is 1070. The molecule has 1 aliphatic heterocycles. The zero-order valence-corrected chi connectivity index (χ0v) is 18.4. The van der Waals surface area contributed by atoms with Crippen LogP contribution in [-0.2, 0) is 4.74 Å². The molecule has 3 aromatic heterocycles. The molecule has 2 saturated carbocycles. The van der Waals surface area contributed by atoms with Crippen LogP contribution in [0.5, 0.6) is 0 Å². The topological polar surface area (TPSA) is 89.3 Å². The summed E-state index contributed by atoms with van der Waals surface area (Å²) in [6.45, 7) is 1.79. The van der Waals surface area contributed by atoms with Crippen LogP contribution in [0, 0.1) is 0 Å². The summed E-state index contributed by atoms with van der Waals surface area (Å²) in [5.74, 6) is 1.31. The molecule has 2 N–H and O–H groups in total. The van der Waals surface area contributed by atoms with E-state index in [0.29, 0.717) is 30.0 Å². The summed E-state index contributed by atoms with van der Waals surface area (Å²) in [4.78, 5) is 14.2. The molecule has 3 aromatic rings. The zero-order chi connectivity index (χ0) is 21.3. The van der Waals surface area contributed by atoms with Gasteiger partial charge in [0.2, 0.25) is 5.95 Å². The van der Waals surface area contributed by atoms with Crippen LogP contribution in [0.25, 0.3) is 17.0 Å². The lowest BCUT2D eigenvalue weighted by Crippen LogP contribution is -2.44. The van der Waals surface area contributed by atoms with Gasteiger partial charge < -0.3 is 15.4 Å². The first-order chi connectivity index (χ1) is 15.8. The van der Waals surface area contributed by atoms with Gasteiger partial charge in [-0.1, -0.05) is 0 Å². The summed E-state index contributed by atoms with van der Waals surface area (Å²) in [7, 11) is 0. The maximum absolute atomic E-state index is 5.48. The van der Waals surface area contributed by atoms with Gasteiger partial charge in [0.25, 0.3) is 0 Å². The van der Waals surface area contributed by atoms with Crippen LogP contribution in [0.1, 0.15) is 62.8 Å². The third-order valence-electron chi connectivity index (χ3n) is 7.08. The van der Waals surface area contributed by atoms with Gasteiger partial charge in [-0.3, -0.25) is 0 Å². The molecule has 0 spiro atoms. The van der Waals surface area contributed by atoms with Crippen molar-refractivity contribution in [1.29, 1.82) is 0 Å². The predicted molar refractivity (Wildman–Crippen MR) is 123 cm³/mol. The summed E-state index contributed by atoms with van der Waals surface area (Å²) in [6.07, 6.45) is 15.2. The van der Waals surface area contributed by atoms with Crippen LogP contribution in [0.3, 0.4) is 0 Å². The van der Waals surface area contributed by atoms with E-state index in [1.54, 1.807) is 0 Å². The van der Waals surface area contributed by atoms with Gasteiger partial charge in [-0.2, -0.15) is 5.10 Å². The van der Waals surface area contributed by atoms with Gasteiger partial charge in [0.05, 0.1) is 17.6 Å². The molecule has 2 aliphatic carbocycles. The van der Waals surface area contributed by atoms with Gasteiger partial charge >= 0.3 is 0 Å². The van der Waals surface area contributed by atoms with E-state index >= 15 is 0 Å². The molecule has 6 rings (SSSR count). The molecule has 8 nitrogen and oxygen atoms in total. The van der Waals surface area contributed by atoms with Gasteiger partial charge in [0.1, 0.15) is 0 Å². The minimum Gasteiger partial charge on any atom is -0.381 e. The highest BCUT2D eigenvalue weighted by atomic mass is 16.5. The second kappa shape index (κ2) is 8.75. The Morgan fingerprint density at radius 1 is 0.844 bits per heavy atom. The van der Waals surface area contributed by atoms with Crippen molar-refractivity contribution < 1.29 is 4.74 Å². The van der Waals surface area contributed by atoms with Gasteiger partial charge in [-0.05, 0) is 69.4 Å². The summed E-state index contributed by atoms with van der Waals surface area (Å²) in [5.41, 5.74) is 3.93. The van der Waals surface area contributed by atoms with E-state index in [-0.39, 0.29) is 0 Å². The number of ether oxygens (including phenoxy) is 1. The highest BCUT2D eigenvalue weighted by molar-refractivity contribution is 5.61. The summed E-state index contributed by atoms with van der Waals surface area (Å²) >= 11 is 0. The molecule has 0 radical (unpaired) electrons. The summed E-state index contributed by atoms with van der Waals surface area (Å²) < 4.78 is 7.34. The molecule has 0 atom stereocenters. The van der Waals surface area contributed by atoms with Crippen LogP contribution < -0.4 is 10.6 Å². The first kappa shape index (κ1) is 20.1. The van der Waals surface area contributed by atoms with Gasteiger partial charge in [-0.25, -0.2) is 19.5 Å². The fourth-order valence-electron chi connectivity index (χ4n) is 5.07. The van der Waals surface area contributed by atoms with Crippen molar-refractivity contribution in [3.63, 3.8) is 0 Å². The number of nitrogens with one attached hydrogen (secondary N) is 2. The Labute approximate surface area is 188 Å². The molecule has 8 heteroatoms. The van der Waals surface area contributed by atoms with E-state index in [4.69, 9.17) is 14.7 Å². The van der Waals surface area contributed by atoms with Gasteiger partial charge in [-0.15, -0.1) is 0 Å². The molecule has 0 aromatic carbocycles. The standard InChI is InChI=1S/C24H31N7O/c1-2-16(1)20-15-26-31-12-8-22(29-23(20)31)21-7-11-25-24(30-21)28-18-5-3-17(4-6-18)27-19-9-13-32-14-10-19/h7-8,11-12,15-19,27H,1-6,9-10,13-14H2,(H,25,28,30). The second-order valence-corrected chi connectivity index (χ2v) is 9.47. The molecule has 168 valence electrons. The Kier molecular flexibility index (Phi) is 5.48. The SMILES string of the molecule is c1cc(-c2ccn3ncc(C4CC4)c3n2)nc(NC2CCC(NC3CCOCC3)CC2)n1. The molecule has 32 heavy (non-hydrogen) atoms. The number of hydrogen-bond acceptors (Lipinski definition) is 7. The van der Waals surface area contributed by atoms with Crippen LogP contribution in [0.4, 0.5) is 5.95 Å². The second-order valence-electron chi connectivity index (χ2n) is 9.47. The fraction of sp³-hybridized carbons (Fsp3) is 0.583. The fourth-order valence-corrected chi connectivity index (χ4v) is 5.07. The Balaban J connectivity index is 1.10.